The van der Waals surface area contributed by atoms with E-state index >= 15 is 0 Å². The molecule has 1 aliphatic rings. The van der Waals surface area contributed by atoms with Gasteiger partial charge in [-0.2, -0.15) is 0 Å². The molecular weight excluding hydrogens is 210 g/mol. The number of anilines is 1. The largest absolute Gasteiger partial charge is 0.366 e. The molecule has 1 atom stereocenters. The SMILES string of the molecule is Cc1ccc(N[C@H]2CCCNC2)nc1.Cl. The number of pyridine rings is 1. The number of hydrogen-bond acceptors (Lipinski definition) is 3. The van der Waals surface area contributed by atoms with Gasteiger partial charge < -0.3 is 10.6 Å². The first-order valence-electron chi connectivity index (χ1n) is 5.24. The predicted octanol–water partition coefficient (Wildman–Crippen LogP) is 1.98. The fourth-order valence-electron chi connectivity index (χ4n) is 1.74. The van der Waals surface area contributed by atoms with Gasteiger partial charge in [-0.05, 0) is 37.9 Å². The molecule has 84 valence electrons. The van der Waals surface area contributed by atoms with Crippen molar-refractivity contribution < 1.29 is 0 Å². The average Bonchev–Trinajstić information content (AvgIpc) is 2.23. The monoisotopic (exact) mass is 227 g/mol. The first-order valence-corrected chi connectivity index (χ1v) is 5.24. The first kappa shape index (κ1) is 12.3. The molecule has 0 amide bonds. The van der Waals surface area contributed by atoms with Gasteiger partial charge >= 0.3 is 0 Å². The molecule has 0 spiro atoms. The number of piperidine rings is 1. The van der Waals surface area contributed by atoms with Crippen molar-refractivity contribution in [3.8, 4) is 0 Å². The number of nitrogens with one attached hydrogen (secondary N) is 2. The lowest BCUT2D eigenvalue weighted by Gasteiger charge is -2.24. The first-order chi connectivity index (χ1) is 6.84. The predicted molar refractivity (Wildman–Crippen MR) is 65.7 cm³/mol. The maximum atomic E-state index is 4.33. The molecule has 0 bridgehead atoms. The second kappa shape index (κ2) is 5.93. The van der Waals surface area contributed by atoms with Gasteiger partial charge in [-0.15, -0.1) is 12.4 Å². The van der Waals surface area contributed by atoms with Crippen molar-refractivity contribution in [1.82, 2.24) is 10.3 Å². The smallest absolute Gasteiger partial charge is 0.126 e. The third kappa shape index (κ3) is 3.68. The van der Waals surface area contributed by atoms with E-state index in [0.29, 0.717) is 6.04 Å². The Bertz CT molecular complexity index is 280. The van der Waals surface area contributed by atoms with E-state index in [1.807, 2.05) is 12.3 Å². The van der Waals surface area contributed by atoms with Crippen LogP contribution >= 0.6 is 12.4 Å². The lowest BCUT2D eigenvalue weighted by atomic mass is 10.1. The fourth-order valence-corrected chi connectivity index (χ4v) is 1.74. The van der Waals surface area contributed by atoms with Crippen LogP contribution in [0.3, 0.4) is 0 Å². The number of aryl methyl sites for hydroxylation is 1. The summed E-state index contributed by atoms with van der Waals surface area (Å²) < 4.78 is 0. The molecule has 2 N–H and O–H groups in total. The van der Waals surface area contributed by atoms with Crippen LogP contribution in [-0.4, -0.2) is 24.1 Å². The highest BCUT2D eigenvalue weighted by Crippen LogP contribution is 2.10. The Morgan fingerprint density at radius 3 is 2.93 bits per heavy atom. The highest BCUT2D eigenvalue weighted by molar-refractivity contribution is 5.85. The van der Waals surface area contributed by atoms with Gasteiger partial charge in [0.25, 0.3) is 0 Å². The number of halogens is 1. The molecule has 3 nitrogen and oxygen atoms in total. The highest BCUT2D eigenvalue weighted by Gasteiger charge is 2.12. The molecule has 4 heteroatoms. The van der Waals surface area contributed by atoms with E-state index in [0.717, 1.165) is 18.9 Å². The highest BCUT2D eigenvalue weighted by atomic mass is 35.5. The molecule has 15 heavy (non-hydrogen) atoms. The van der Waals surface area contributed by atoms with E-state index in [1.165, 1.54) is 18.4 Å². The normalized spacial score (nSPS) is 20.5. The van der Waals surface area contributed by atoms with Crippen molar-refractivity contribution in [2.24, 2.45) is 0 Å². The number of hydrogen-bond donors (Lipinski definition) is 2. The van der Waals surface area contributed by atoms with E-state index in [1.54, 1.807) is 0 Å². The molecule has 0 saturated carbocycles. The molecule has 0 radical (unpaired) electrons. The second-order valence-corrected chi connectivity index (χ2v) is 3.91. The molecule has 1 aromatic rings. The van der Waals surface area contributed by atoms with Crippen molar-refractivity contribution in [2.45, 2.75) is 25.8 Å². The summed E-state index contributed by atoms with van der Waals surface area (Å²) in [5.41, 5.74) is 1.21. The van der Waals surface area contributed by atoms with Crippen LogP contribution in [0.2, 0.25) is 0 Å². The van der Waals surface area contributed by atoms with Gasteiger partial charge in [-0.3, -0.25) is 0 Å². The van der Waals surface area contributed by atoms with Gasteiger partial charge in [-0.25, -0.2) is 4.98 Å². The molecule has 0 aliphatic carbocycles. The van der Waals surface area contributed by atoms with Crippen molar-refractivity contribution in [3.05, 3.63) is 23.9 Å². The summed E-state index contributed by atoms with van der Waals surface area (Å²) in [5, 5.41) is 6.81. The topological polar surface area (TPSA) is 37.0 Å². The standard InChI is InChI=1S/C11H17N3.ClH/c1-9-4-5-11(13-7-9)14-10-3-2-6-12-8-10;/h4-5,7,10,12H,2-3,6,8H2,1H3,(H,13,14);1H/t10-;/m0./s1. The Balaban J connectivity index is 0.00000112. The number of rotatable bonds is 2. The number of aromatic nitrogens is 1. The van der Waals surface area contributed by atoms with E-state index in [2.05, 4.69) is 28.6 Å². The van der Waals surface area contributed by atoms with Gasteiger partial charge in [0, 0.05) is 18.8 Å². The molecule has 0 aromatic carbocycles. The molecule has 2 heterocycles. The van der Waals surface area contributed by atoms with Crippen molar-refractivity contribution in [2.75, 3.05) is 18.4 Å². The summed E-state index contributed by atoms with van der Waals surface area (Å²) in [7, 11) is 0. The zero-order chi connectivity index (χ0) is 9.80. The quantitative estimate of drug-likeness (QED) is 0.811. The Morgan fingerprint density at radius 1 is 1.47 bits per heavy atom. The summed E-state index contributed by atoms with van der Waals surface area (Å²) in [5.74, 6) is 0.990. The van der Waals surface area contributed by atoms with Crippen LogP contribution in [0.5, 0.6) is 0 Å². The third-order valence-electron chi connectivity index (χ3n) is 2.56. The van der Waals surface area contributed by atoms with Gasteiger partial charge in [0.1, 0.15) is 5.82 Å². The van der Waals surface area contributed by atoms with Crippen LogP contribution in [0, 0.1) is 6.92 Å². The Hall–Kier alpha value is -0.800. The van der Waals surface area contributed by atoms with Gasteiger partial charge in [0.2, 0.25) is 0 Å². The van der Waals surface area contributed by atoms with Crippen molar-refractivity contribution >= 4 is 18.2 Å². The maximum absolute atomic E-state index is 4.33. The van der Waals surface area contributed by atoms with Crippen molar-refractivity contribution in [3.63, 3.8) is 0 Å². The van der Waals surface area contributed by atoms with Gasteiger partial charge in [-0.1, -0.05) is 6.07 Å². The van der Waals surface area contributed by atoms with Crippen molar-refractivity contribution in [1.29, 1.82) is 0 Å². The summed E-state index contributed by atoms with van der Waals surface area (Å²) in [6.45, 7) is 4.26. The molecule has 1 fully saturated rings. The van der Waals surface area contributed by atoms with Crippen LogP contribution in [0.4, 0.5) is 5.82 Å². The minimum Gasteiger partial charge on any atom is -0.366 e. The van der Waals surface area contributed by atoms with Crippen LogP contribution in [-0.2, 0) is 0 Å². The maximum Gasteiger partial charge on any atom is 0.126 e. The van der Waals surface area contributed by atoms with Gasteiger partial charge in [0.15, 0.2) is 0 Å². The van der Waals surface area contributed by atoms with Crippen LogP contribution in [0.25, 0.3) is 0 Å². The van der Waals surface area contributed by atoms with Gasteiger partial charge in [0.05, 0.1) is 0 Å². The molecule has 2 rings (SSSR count). The molecule has 1 saturated heterocycles. The van der Waals surface area contributed by atoms with Crippen LogP contribution in [0.1, 0.15) is 18.4 Å². The summed E-state index contributed by atoms with van der Waals surface area (Å²) in [6, 6.07) is 4.68. The van der Waals surface area contributed by atoms with Crippen LogP contribution < -0.4 is 10.6 Å². The Kier molecular flexibility index (Phi) is 4.85. The lowest BCUT2D eigenvalue weighted by Crippen LogP contribution is -2.38. The summed E-state index contributed by atoms with van der Waals surface area (Å²) >= 11 is 0. The van der Waals surface area contributed by atoms with Crippen LogP contribution in [0.15, 0.2) is 18.3 Å². The van der Waals surface area contributed by atoms with E-state index in [9.17, 15) is 0 Å². The fraction of sp³-hybridized carbons (Fsp3) is 0.545. The Morgan fingerprint density at radius 2 is 2.33 bits per heavy atom. The van der Waals surface area contributed by atoms with E-state index in [-0.39, 0.29) is 12.4 Å². The minimum absolute atomic E-state index is 0. The van der Waals surface area contributed by atoms with E-state index in [4.69, 9.17) is 0 Å². The zero-order valence-electron chi connectivity index (χ0n) is 8.99. The average molecular weight is 228 g/mol. The summed E-state index contributed by atoms with van der Waals surface area (Å²) in [6.07, 6.45) is 4.39. The minimum atomic E-state index is 0. The summed E-state index contributed by atoms with van der Waals surface area (Å²) in [4.78, 5) is 4.33. The molecule has 0 unspecified atom stereocenters. The number of nitrogens with zero attached hydrogens (tertiary/aromatic N) is 1. The molecule has 1 aliphatic heterocycles. The lowest BCUT2D eigenvalue weighted by molar-refractivity contribution is 0.479. The third-order valence-corrected chi connectivity index (χ3v) is 2.56. The second-order valence-electron chi connectivity index (χ2n) is 3.91. The Labute approximate surface area is 97.1 Å². The molecule has 1 aromatic heterocycles. The molecular formula is C11H18ClN3. The van der Waals surface area contributed by atoms with E-state index < -0.39 is 0 Å². The zero-order valence-corrected chi connectivity index (χ0v) is 9.81.